The van der Waals surface area contributed by atoms with Gasteiger partial charge < -0.3 is 9.47 Å². The molecule has 4 rings (SSSR count). The van der Waals surface area contributed by atoms with Crippen LogP contribution in [0.15, 0.2) is 88.4 Å². The van der Waals surface area contributed by atoms with E-state index in [9.17, 15) is 9.18 Å². The number of nitrogens with one attached hydrogen (secondary N) is 1. The lowest BCUT2D eigenvalue weighted by Crippen LogP contribution is -2.18. The van der Waals surface area contributed by atoms with E-state index < -0.39 is 0 Å². The average Bonchev–Trinajstić information content (AvgIpc) is 2.83. The number of ether oxygens (including phenoxy) is 2. The fourth-order valence-electron chi connectivity index (χ4n) is 3.25. The van der Waals surface area contributed by atoms with Crippen molar-refractivity contribution in [2.24, 2.45) is 5.10 Å². The SMILES string of the molecule is COc1cc2ccccc2cc1C(=O)N/N=C\c1ccc(OCc2ccc(F)cc2)c(Br)c1. The first-order valence-electron chi connectivity index (χ1n) is 10.1. The van der Waals surface area contributed by atoms with Crippen molar-refractivity contribution in [2.45, 2.75) is 6.61 Å². The lowest BCUT2D eigenvalue weighted by atomic mass is 10.1. The van der Waals surface area contributed by atoms with Crippen LogP contribution in [0.3, 0.4) is 0 Å². The van der Waals surface area contributed by atoms with Crippen molar-refractivity contribution in [2.75, 3.05) is 7.11 Å². The molecular weight excluding hydrogens is 487 g/mol. The molecule has 0 fully saturated rings. The Morgan fingerprint density at radius 3 is 2.42 bits per heavy atom. The van der Waals surface area contributed by atoms with Gasteiger partial charge in [0.05, 0.1) is 23.4 Å². The van der Waals surface area contributed by atoms with Crippen molar-refractivity contribution in [3.05, 3.63) is 106 Å². The largest absolute Gasteiger partial charge is 0.496 e. The van der Waals surface area contributed by atoms with Crippen LogP contribution in [0, 0.1) is 5.82 Å². The second-order valence-corrected chi connectivity index (χ2v) is 8.06. The van der Waals surface area contributed by atoms with Gasteiger partial charge in [-0.1, -0.05) is 36.4 Å². The van der Waals surface area contributed by atoms with Crippen molar-refractivity contribution in [1.82, 2.24) is 5.43 Å². The third-order valence-corrected chi connectivity index (χ3v) is 5.58. The highest BCUT2D eigenvalue weighted by Crippen LogP contribution is 2.27. The minimum atomic E-state index is -0.368. The Morgan fingerprint density at radius 2 is 1.73 bits per heavy atom. The second-order valence-electron chi connectivity index (χ2n) is 7.20. The fourth-order valence-corrected chi connectivity index (χ4v) is 3.76. The summed E-state index contributed by atoms with van der Waals surface area (Å²) in [5, 5.41) is 5.99. The molecule has 0 aliphatic heterocycles. The van der Waals surface area contributed by atoms with Crippen molar-refractivity contribution >= 4 is 38.8 Å². The van der Waals surface area contributed by atoms with Gasteiger partial charge in [-0.2, -0.15) is 5.10 Å². The number of amides is 1. The number of hydrazone groups is 1. The van der Waals surface area contributed by atoms with Crippen molar-refractivity contribution < 1.29 is 18.7 Å². The molecule has 0 spiro atoms. The predicted molar refractivity (Wildman–Crippen MR) is 130 cm³/mol. The summed E-state index contributed by atoms with van der Waals surface area (Å²) >= 11 is 3.48. The van der Waals surface area contributed by atoms with Crippen LogP contribution in [0.4, 0.5) is 4.39 Å². The van der Waals surface area contributed by atoms with E-state index in [1.165, 1.54) is 19.2 Å². The molecule has 4 aromatic rings. The van der Waals surface area contributed by atoms with Gasteiger partial charge in [0.2, 0.25) is 0 Å². The summed E-state index contributed by atoms with van der Waals surface area (Å²) < 4.78 is 24.9. The summed E-state index contributed by atoms with van der Waals surface area (Å²) in [6, 6.07) is 22.9. The lowest BCUT2D eigenvalue weighted by molar-refractivity contribution is 0.0952. The molecule has 1 N–H and O–H groups in total. The molecule has 0 aliphatic carbocycles. The van der Waals surface area contributed by atoms with Crippen LogP contribution in [0.25, 0.3) is 10.8 Å². The van der Waals surface area contributed by atoms with Crippen molar-refractivity contribution in [3.8, 4) is 11.5 Å². The maximum atomic E-state index is 13.0. The molecule has 0 unspecified atom stereocenters. The zero-order chi connectivity index (χ0) is 23.2. The second kappa shape index (κ2) is 10.3. The number of halogens is 2. The summed E-state index contributed by atoms with van der Waals surface area (Å²) in [5.41, 5.74) is 4.57. The van der Waals surface area contributed by atoms with Crippen LogP contribution < -0.4 is 14.9 Å². The first kappa shape index (κ1) is 22.5. The average molecular weight is 507 g/mol. The Hall–Kier alpha value is -3.71. The zero-order valence-corrected chi connectivity index (χ0v) is 19.3. The van der Waals surface area contributed by atoms with Gasteiger partial charge >= 0.3 is 0 Å². The van der Waals surface area contributed by atoms with E-state index in [-0.39, 0.29) is 11.7 Å². The third kappa shape index (κ3) is 5.56. The Bertz CT molecular complexity index is 1320. The molecule has 5 nitrogen and oxygen atoms in total. The van der Waals surface area contributed by atoms with Crippen molar-refractivity contribution in [1.29, 1.82) is 0 Å². The number of nitrogens with zero attached hydrogens (tertiary/aromatic N) is 1. The topological polar surface area (TPSA) is 59.9 Å². The maximum absolute atomic E-state index is 13.0. The summed E-state index contributed by atoms with van der Waals surface area (Å²) in [5.74, 6) is 0.468. The molecule has 4 aromatic carbocycles. The highest BCUT2D eigenvalue weighted by molar-refractivity contribution is 9.10. The lowest BCUT2D eigenvalue weighted by Gasteiger charge is -2.10. The smallest absolute Gasteiger partial charge is 0.275 e. The van der Waals surface area contributed by atoms with Crippen LogP contribution in [0.2, 0.25) is 0 Å². The normalized spacial score (nSPS) is 11.0. The van der Waals surface area contributed by atoms with Gasteiger partial charge in [0, 0.05) is 0 Å². The van der Waals surface area contributed by atoms with Gasteiger partial charge in [-0.15, -0.1) is 0 Å². The van der Waals surface area contributed by atoms with Gasteiger partial charge in [0.1, 0.15) is 23.9 Å². The molecule has 0 aromatic heterocycles. The van der Waals surface area contributed by atoms with E-state index in [2.05, 4.69) is 26.5 Å². The Kier molecular flexibility index (Phi) is 7.00. The summed E-state index contributed by atoms with van der Waals surface area (Å²) in [6.45, 7) is 0.315. The van der Waals surface area contributed by atoms with Crippen molar-refractivity contribution in [3.63, 3.8) is 0 Å². The third-order valence-electron chi connectivity index (χ3n) is 4.96. The van der Waals surface area contributed by atoms with Crippen LogP contribution in [0.5, 0.6) is 11.5 Å². The molecule has 0 bridgehead atoms. The summed E-state index contributed by atoms with van der Waals surface area (Å²) in [4.78, 5) is 12.7. The number of carbonyl (C=O) groups is 1. The van der Waals surface area contributed by atoms with E-state index in [1.807, 2.05) is 42.5 Å². The van der Waals surface area contributed by atoms with E-state index >= 15 is 0 Å². The highest BCUT2D eigenvalue weighted by Gasteiger charge is 2.13. The quantitative estimate of drug-likeness (QED) is 0.243. The van der Waals surface area contributed by atoms with Crippen LogP contribution in [-0.2, 0) is 6.61 Å². The number of hydrogen-bond acceptors (Lipinski definition) is 4. The molecule has 0 heterocycles. The van der Waals surface area contributed by atoms with Gasteiger partial charge in [0.25, 0.3) is 5.91 Å². The monoisotopic (exact) mass is 506 g/mol. The highest BCUT2D eigenvalue weighted by atomic mass is 79.9. The predicted octanol–water partition coefficient (Wildman–Crippen LogP) is 6.09. The first-order chi connectivity index (χ1) is 16.0. The van der Waals surface area contributed by atoms with E-state index in [0.29, 0.717) is 23.7 Å². The molecule has 0 atom stereocenters. The number of rotatable bonds is 7. The molecular formula is C26H20BrFN2O3. The minimum Gasteiger partial charge on any atom is -0.496 e. The van der Waals surface area contributed by atoms with Gasteiger partial charge in [-0.05, 0) is 80.3 Å². The summed E-state index contributed by atoms with van der Waals surface area (Å²) in [7, 11) is 1.53. The maximum Gasteiger partial charge on any atom is 0.275 e. The molecule has 0 saturated carbocycles. The molecule has 0 saturated heterocycles. The van der Waals surface area contributed by atoms with E-state index in [4.69, 9.17) is 9.47 Å². The molecule has 7 heteroatoms. The number of methoxy groups -OCH3 is 1. The van der Waals surface area contributed by atoms with Crippen LogP contribution in [-0.4, -0.2) is 19.2 Å². The van der Waals surface area contributed by atoms with E-state index in [1.54, 1.807) is 30.5 Å². The van der Waals surface area contributed by atoms with Gasteiger partial charge in [-0.25, -0.2) is 9.82 Å². The summed E-state index contributed by atoms with van der Waals surface area (Å²) in [6.07, 6.45) is 1.54. The number of hydrogen-bond donors (Lipinski definition) is 1. The number of fused-ring (bicyclic) bond motifs is 1. The number of benzene rings is 4. The van der Waals surface area contributed by atoms with E-state index in [0.717, 1.165) is 26.4 Å². The molecule has 0 radical (unpaired) electrons. The number of carbonyl (C=O) groups excluding carboxylic acids is 1. The molecule has 0 aliphatic rings. The standard InChI is InChI=1S/C26H20BrFN2O3/c1-32-25-14-20-5-3-2-4-19(20)13-22(25)26(31)30-29-15-18-8-11-24(23(27)12-18)33-16-17-6-9-21(28)10-7-17/h2-15H,16H2,1H3,(H,30,31)/b29-15-. The Morgan fingerprint density at radius 1 is 1.00 bits per heavy atom. The van der Waals surface area contributed by atoms with Gasteiger partial charge in [0.15, 0.2) is 0 Å². The van der Waals surface area contributed by atoms with Crippen LogP contribution in [0.1, 0.15) is 21.5 Å². The Balaban J connectivity index is 1.41. The minimum absolute atomic E-state index is 0.283. The molecule has 166 valence electrons. The van der Waals surface area contributed by atoms with Crippen LogP contribution >= 0.6 is 15.9 Å². The first-order valence-corrected chi connectivity index (χ1v) is 10.9. The molecule has 1 amide bonds. The molecule has 33 heavy (non-hydrogen) atoms. The zero-order valence-electron chi connectivity index (χ0n) is 17.7. The Labute approximate surface area is 199 Å². The fraction of sp³-hybridized carbons (Fsp3) is 0.0769. The van der Waals surface area contributed by atoms with Gasteiger partial charge in [-0.3, -0.25) is 4.79 Å².